The summed E-state index contributed by atoms with van der Waals surface area (Å²) in [5.74, 6) is -3.17. The minimum absolute atomic E-state index is 0.136. The second-order valence-corrected chi connectivity index (χ2v) is 6.27. The van der Waals surface area contributed by atoms with E-state index in [0.717, 1.165) is 12.1 Å². The van der Waals surface area contributed by atoms with Gasteiger partial charge >= 0.3 is 0 Å². The van der Waals surface area contributed by atoms with E-state index in [4.69, 9.17) is 11.0 Å². The van der Waals surface area contributed by atoms with Crippen molar-refractivity contribution in [1.82, 2.24) is 0 Å². The van der Waals surface area contributed by atoms with E-state index >= 15 is 0 Å². The summed E-state index contributed by atoms with van der Waals surface area (Å²) >= 11 is 0. The van der Waals surface area contributed by atoms with Crippen LogP contribution in [-0.4, -0.2) is 8.42 Å². The lowest BCUT2D eigenvalue weighted by Gasteiger charge is -2.09. The standard InChI is InChI=1S/C14H10F2N2O2S/c15-12-5-11(18)6-13(16)14(12)21(19,20)8-10-4-2-1-3-9(10)7-17/h1-6H,8,18H2. The van der Waals surface area contributed by atoms with Crippen LogP contribution in [0.4, 0.5) is 14.5 Å². The van der Waals surface area contributed by atoms with Crippen molar-refractivity contribution in [1.29, 1.82) is 5.26 Å². The number of anilines is 1. The lowest BCUT2D eigenvalue weighted by Crippen LogP contribution is -2.11. The fourth-order valence-electron chi connectivity index (χ4n) is 1.91. The van der Waals surface area contributed by atoms with Gasteiger partial charge in [-0.2, -0.15) is 5.26 Å². The van der Waals surface area contributed by atoms with E-state index in [1.807, 2.05) is 6.07 Å². The van der Waals surface area contributed by atoms with Gasteiger partial charge in [0.25, 0.3) is 0 Å². The van der Waals surface area contributed by atoms with Crippen molar-refractivity contribution in [3.8, 4) is 6.07 Å². The van der Waals surface area contributed by atoms with Gasteiger partial charge in [0.2, 0.25) is 0 Å². The molecule has 0 unspecified atom stereocenters. The minimum atomic E-state index is -4.28. The molecule has 2 rings (SSSR count). The number of sulfone groups is 1. The Morgan fingerprint density at radius 2 is 1.71 bits per heavy atom. The SMILES string of the molecule is N#Cc1ccccc1CS(=O)(=O)c1c(F)cc(N)cc1F. The highest BCUT2D eigenvalue weighted by molar-refractivity contribution is 7.90. The molecule has 2 aromatic carbocycles. The second-order valence-electron chi connectivity index (χ2n) is 4.34. The number of halogens is 2. The fourth-order valence-corrected chi connectivity index (χ4v) is 3.43. The first kappa shape index (κ1) is 14.9. The molecule has 0 aliphatic carbocycles. The van der Waals surface area contributed by atoms with Gasteiger partial charge < -0.3 is 5.73 Å². The van der Waals surface area contributed by atoms with E-state index in [1.54, 1.807) is 12.1 Å². The van der Waals surface area contributed by atoms with Gasteiger partial charge in [0.15, 0.2) is 9.84 Å². The highest BCUT2D eigenvalue weighted by Gasteiger charge is 2.25. The van der Waals surface area contributed by atoms with E-state index in [-0.39, 0.29) is 16.8 Å². The van der Waals surface area contributed by atoms with E-state index in [9.17, 15) is 17.2 Å². The number of hydrogen-bond acceptors (Lipinski definition) is 4. The Morgan fingerprint density at radius 3 is 2.29 bits per heavy atom. The van der Waals surface area contributed by atoms with Crippen molar-refractivity contribution in [2.75, 3.05) is 5.73 Å². The summed E-state index contributed by atoms with van der Waals surface area (Å²) in [6.07, 6.45) is 0. The number of benzene rings is 2. The predicted molar refractivity (Wildman–Crippen MR) is 72.8 cm³/mol. The first-order chi connectivity index (χ1) is 9.85. The Balaban J connectivity index is 2.52. The van der Waals surface area contributed by atoms with E-state index in [2.05, 4.69) is 0 Å². The molecule has 108 valence electrons. The summed E-state index contributed by atoms with van der Waals surface area (Å²) in [5.41, 5.74) is 5.36. The Bertz CT molecular complexity index is 819. The van der Waals surface area contributed by atoms with E-state index < -0.39 is 32.1 Å². The molecular weight excluding hydrogens is 298 g/mol. The molecule has 7 heteroatoms. The summed E-state index contributed by atoms with van der Waals surface area (Å²) in [4.78, 5) is -1.04. The fraction of sp³-hybridized carbons (Fsp3) is 0.0714. The summed E-state index contributed by atoms with van der Waals surface area (Å²) < 4.78 is 51.8. The van der Waals surface area contributed by atoms with Crippen LogP contribution in [0.3, 0.4) is 0 Å². The molecule has 0 radical (unpaired) electrons. The smallest absolute Gasteiger partial charge is 0.188 e. The molecule has 0 bridgehead atoms. The molecule has 2 aromatic rings. The maximum absolute atomic E-state index is 13.7. The average molecular weight is 308 g/mol. The van der Waals surface area contributed by atoms with Crippen molar-refractivity contribution in [3.63, 3.8) is 0 Å². The molecule has 0 fully saturated rings. The van der Waals surface area contributed by atoms with Crippen molar-refractivity contribution < 1.29 is 17.2 Å². The first-order valence-electron chi connectivity index (χ1n) is 5.80. The van der Waals surface area contributed by atoms with Gasteiger partial charge in [0.1, 0.15) is 16.5 Å². The van der Waals surface area contributed by atoms with Crippen LogP contribution >= 0.6 is 0 Å². The lowest BCUT2D eigenvalue weighted by atomic mass is 10.1. The van der Waals surface area contributed by atoms with Crippen LogP contribution in [-0.2, 0) is 15.6 Å². The van der Waals surface area contributed by atoms with E-state index in [1.165, 1.54) is 12.1 Å². The Morgan fingerprint density at radius 1 is 1.14 bits per heavy atom. The summed E-state index contributed by atoms with van der Waals surface area (Å²) in [5, 5.41) is 8.92. The van der Waals surface area contributed by atoms with Crippen LogP contribution in [0.5, 0.6) is 0 Å². The zero-order valence-corrected chi connectivity index (χ0v) is 11.5. The third kappa shape index (κ3) is 3.01. The third-order valence-electron chi connectivity index (χ3n) is 2.81. The molecule has 0 spiro atoms. The highest BCUT2D eigenvalue weighted by Crippen LogP contribution is 2.25. The molecule has 0 aliphatic heterocycles. The first-order valence-corrected chi connectivity index (χ1v) is 7.45. The maximum Gasteiger partial charge on any atom is 0.188 e. The maximum atomic E-state index is 13.7. The van der Waals surface area contributed by atoms with Crippen LogP contribution in [0.25, 0.3) is 0 Å². The van der Waals surface area contributed by atoms with Gasteiger partial charge in [-0.25, -0.2) is 17.2 Å². The zero-order valence-electron chi connectivity index (χ0n) is 10.7. The highest BCUT2D eigenvalue weighted by atomic mass is 32.2. The van der Waals surface area contributed by atoms with Crippen LogP contribution in [0, 0.1) is 23.0 Å². The van der Waals surface area contributed by atoms with Crippen molar-refractivity contribution in [2.45, 2.75) is 10.6 Å². The molecular formula is C14H10F2N2O2S. The topological polar surface area (TPSA) is 84.0 Å². The van der Waals surface area contributed by atoms with Gasteiger partial charge in [-0.15, -0.1) is 0 Å². The molecule has 0 heterocycles. The quantitative estimate of drug-likeness (QED) is 0.882. The monoisotopic (exact) mass is 308 g/mol. The largest absolute Gasteiger partial charge is 0.399 e. The van der Waals surface area contributed by atoms with Gasteiger partial charge in [-0.1, -0.05) is 18.2 Å². The Kier molecular flexibility index (Phi) is 3.91. The molecule has 4 nitrogen and oxygen atoms in total. The van der Waals surface area contributed by atoms with Crippen molar-refractivity contribution in [3.05, 3.63) is 59.2 Å². The molecule has 0 saturated heterocycles. The van der Waals surface area contributed by atoms with Gasteiger partial charge in [-0.3, -0.25) is 0 Å². The number of nitriles is 1. The Hall–Kier alpha value is -2.46. The van der Waals surface area contributed by atoms with Crippen LogP contribution in [0.2, 0.25) is 0 Å². The van der Waals surface area contributed by atoms with Crippen molar-refractivity contribution >= 4 is 15.5 Å². The summed E-state index contributed by atoms with van der Waals surface area (Å²) in [7, 11) is -4.28. The second kappa shape index (κ2) is 5.50. The molecule has 21 heavy (non-hydrogen) atoms. The number of hydrogen-bond donors (Lipinski definition) is 1. The van der Waals surface area contributed by atoms with E-state index in [0.29, 0.717) is 0 Å². The van der Waals surface area contributed by atoms with Crippen LogP contribution in [0.15, 0.2) is 41.3 Å². The molecule has 0 amide bonds. The van der Waals surface area contributed by atoms with Gasteiger partial charge in [0, 0.05) is 5.69 Å². The number of nitrogens with zero attached hydrogens (tertiary/aromatic N) is 1. The zero-order chi connectivity index (χ0) is 15.6. The summed E-state index contributed by atoms with van der Waals surface area (Å²) in [6, 6.07) is 9.28. The number of nitrogen functional groups attached to an aromatic ring is 1. The number of nitrogens with two attached hydrogens (primary N) is 1. The molecule has 0 atom stereocenters. The Labute approximate surface area is 120 Å². The molecule has 2 N–H and O–H groups in total. The summed E-state index contributed by atoms with van der Waals surface area (Å²) in [6.45, 7) is 0. The van der Waals surface area contributed by atoms with Gasteiger partial charge in [-0.05, 0) is 23.8 Å². The predicted octanol–water partition coefficient (Wildman–Crippen LogP) is 2.39. The number of rotatable bonds is 3. The van der Waals surface area contributed by atoms with Gasteiger partial charge in [0.05, 0.1) is 17.4 Å². The van der Waals surface area contributed by atoms with Crippen molar-refractivity contribution in [2.24, 2.45) is 0 Å². The minimum Gasteiger partial charge on any atom is -0.399 e. The molecule has 0 saturated carbocycles. The molecule has 0 aromatic heterocycles. The third-order valence-corrected chi connectivity index (χ3v) is 4.52. The average Bonchev–Trinajstić information content (AvgIpc) is 2.37. The lowest BCUT2D eigenvalue weighted by molar-refractivity contribution is 0.520. The molecule has 0 aliphatic rings. The van der Waals surface area contributed by atoms with Crippen LogP contribution < -0.4 is 5.73 Å². The van der Waals surface area contributed by atoms with Crippen LogP contribution in [0.1, 0.15) is 11.1 Å². The normalized spacial score (nSPS) is 11.1.